The molecule has 0 saturated carbocycles. The Bertz CT molecular complexity index is 206. The lowest BCUT2D eigenvalue weighted by Gasteiger charge is -2.11. The van der Waals surface area contributed by atoms with Gasteiger partial charge in [0.15, 0.2) is 5.78 Å². The van der Waals surface area contributed by atoms with Crippen molar-refractivity contribution in [1.29, 1.82) is 0 Å². The molecule has 0 bridgehead atoms. The first kappa shape index (κ1) is 11.4. The smallest absolute Gasteiger partial charge is 0.160 e. The first-order chi connectivity index (χ1) is 6.84. The molecule has 0 unspecified atom stereocenters. The van der Waals surface area contributed by atoms with E-state index in [1.54, 1.807) is 0 Å². The first-order valence-corrected chi connectivity index (χ1v) is 5.64. The van der Waals surface area contributed by atoms with E-state index in [1.165, 1.54) is 12.8 Å². The van der Waals surface area contributed by atoms with E-state index in [2.05, 4.69) is 13.0 Å². The van der Waals surface area contributed by atoms with Crippen molar-refractivity contribution < 1.29 is 9.53 Å². The molecule has 1 rings (SSSR count). The van der Waals surface area contributed by atoms with Gasteiger partial charge in [0.2, 0.25) is 0 Å². The predicted octanol–water partition coefficient (Wildman–Crippen LogP) is 2.87. The van der Waals surface area contributed by atoms with E-state index in [-0.39, 0.29) is 0 Å². The van der Waals surface area contributed by atoms with Gasteiger partial charge in [0, 0.05) is 13.0 Å². The van der Waals surface area contributed by atoms with Crippen LogP contribution in [0.4, 0.5) is 0 Å². The van der Waals surface area contributed by atoms with Crippen LogP contribution >= 0.6 is 0 Å². The fourth-order valence-electron chi connectivity index (χ4n) is 1.66. The van der Waals surface area contributed by atoms with E-state index in [4.69, 9.17) is 4.74 Å². The van der Waals surface area contributed by atoms with Crippen molar-refractivity contribution in [3.63, 3.8) is 0 Å². The van der Waals surface area contributed by atoms with Gasteiger partial charge < -0.3 is 4.74 Å². The SMILES string of the molecule is CCCOCCC(=O)C1=CCCCC1. The Morgan fingerprint density at radius 1 is 1.43 bits per heavy atom. The maximum atomic E-state index is 11.6. The number of hydrogen-bond donors (Lipinski definition) is 0. The maximum Gasteiger partial charge on any atom is 0.160 e. The second-order valence-electron chi connectivity index (χ2n) is 3.76. The van der Waals surface area contributed by atoms with E-state index in [1.807, 2.05) is 0 Å². The van der Waals surface area contributed by atoms with Crippen molar-refractivity contribution in [2.45, 2.75) is 45.4 Å². The number of hydrogen-bond acceptors (Lipinski definition) is 2. The van der Waals surface area contributed by atoms with Crippen molar-refractivity contribution in [1.82, 2.24) is 0 Å². The summed E-state index contributed by atoms with van der Waals surface area (Å²) in [6.45, 7) is 3.43. The second kappa shape index (κ2) is 6.77. The van der Waals surface area contributed by atoms with Crippen LogP contribution in [0.1, 0.15) is 45.4 Å². The van der Waals surface area contributed by atoms with Gasteiger partial charge in [0.05, 0.1) is 6.61 Å². The van der Waals surface area contributed by atoms with Crippen LogP contribution in [0, 0.1) is 0 Å². The molecule has 0 aliphatic heterocycles. The summed E-state index contributed by atoms with van der Waals surface area (Å²) >= 11 is 0. The van der Waals surface area contributed by atoms with E-state index in [0.29, 0.717) is 18.8 Å². The molecule has 0 N–H and O–H groups in total. The molecule has 0 fully saturated rings. The highest BCUT2D eigenvalue weighted by Crippen LogP contribution is 2.18. The van der Waals surface area contributed by atoms with Crippen LogP contribution in [0.15, 0.2) is 11.6 Å². The molecule has 0 spiro atoms. The van der Waals surface area contributed by atoms with Gasteiger partial charge in [-0.2, -0.15) is 0 Å². The average molecular weight is 196 g/mol. The molecule has 0 aromatic rings. The van der Waals surface area contributed by atoms with Gasteiger partial charge in [-0.3, -0.25) is 4.79 Å². The lowest BCUT2D eigenvalue weighted by atomic mass is 9.95. The number of rotatable bonds is 6. The third-order valence-electron chi connectivity index (χ3n) is 2.47. The first-order valence-electron chi connectivity index (χ1n) is 5.64. The van der Waals surface area contributed by atoms with Crippen LogP contribution in [0.25, 0.3) is 0 Å². The Morgan fingerprint density at radius 2 is 2.29 bits per heavy atom. The zero-order valence-electron chi connectivity index (χ0n) is 9.05. The molecule has 1 aliphatic rings. The molecule has 0 atom stereocenters. The molecule has 0 heterocycles. The van der Waals surface area contributed by atoms with Crippen LogP contribution in [0.5, 0.6) is 0 Å². The summed E-state index contributed by atoms with van der Waals surface area (Å²) in [6.07, 6.45) is 8.16. The Balaban J connectivity index is 2.17. The van der Waals surface area contributed by atoms with Crippen LogP contribution in [0.3, 0.4) is 0 Å². The highest BCUT2D eigenvalue weighted by atomic mass is 16.5. The van der Waals surface area contributed by atoms with Gasteiger partial charge in [0.25, 0.3) is 0 Å². The quantitative estimate of drug-likeness (QED) is 0.611. The van der Waals surface area contributed by atoms with Crippen molar-refractivity contribution in [2.24, 2.45) is 0 Å². The van der Waals surface area contributed by atoms with Gasteiger partial charge in [-0.25, -0.2) is 0 Å². The van der Waals surface area contributed by atoms with Crippen molar-refractivity contribution in [3.8, 4) is 0 Å². The largest absolute Gasteiger partial charge is 0.381 e. The summed E-state index contributed by atoms with van der Waals surface area (Å²) in [5.41, 5.74) is 1.04. The minimum Gasteiger partial charge on any atom is -0.381 e. The standard InChI is InChI=1S/C12H20O2/c1-2-9-14-10-8-12(13)11-6-4-3-5-7-11/h6H,2-5,7-10H2,1H3. The van der Waals surface area contributed by atoms with Crippen LogP contribution < -0.4 is 0 Å². The number of carbonyl (C=O) groups excluding carboxylic acids is 1. The number of allylic oxidation sites excluding steroid dienone is 2. The third-order valence-corrected chi connectivity index (χ3v) is 2.47. The summed E-state index contributed by atoms with van der Waals surface area (Å²) in [4.78, 5) is 11.6. The minimum atomic E-state index is 0.292. The molecular formula is C12H20O2. The Kier molecular flexibility index (Phi) is 5.53. The molecule has 0 amide bonds. The highest BCUT2D eigenvalue weighted by Gasteiger charge is 2.11. The molecule has 2 nitrogen and oxygen atoms in total. The maximum absolute atomic E-state index is 11.6. The summed E-state index contributed by atoms with van der Waals surface area (Å²) in [5.74, 6) is 0.292. The lowest BCUT2D eigenvalue weighted by molar-refractivity contribution is -0.116. The lowest BCUT2D eigenvalue weighted by Crippen LogP contribution is -2.09. The predicted molar refractivity (Wildman–Crippen MR) is 57.3 cm³/mol. The second-order valence-corrected chi connectivity index (χ2v) is 3.76. The zero-order valence-corrected chi connectivity index (χ0v) is 9.05. The molecule has 0 radical (unpaired) electrons. The number of ether oxygens (including phenoxy) is 1. The van der Waals surface area contributed by atoms with E-state index in [9.17, 15) is 4.79 Å². The third kappa shape index (κ3) is 4.05. The van der Waals surface area contributed by atoms with Gasteiger partial charge >= 0.3 is 0 Å². The normalized spacial score (nSPS) is 16.5. The molecule has 2 heteroatoms. The number of carbonyl (C=O) groups is 1. The van der Waals surface area contributed by atoms with Gasteiger partial charge in [-0.1, -0.05) is 13.0 Å². The van der Waals surface area contributed by atoms with Crippen LogP contribution in [-0.4, -0.2) is 19.0 Å². The summed E-state index contributed by atoms with van der Waals surface area (Å²) in [6, 6.07) is 0. The molecule has 0 saturated heterocycles. The summed E-state index contributed by atoms with van der Waals surface area (Å²) in [5, 5.41) is 0. The van der Waals surface area contributed by atoms with Gasteiger partial charge in [-0.05, 0) is 37.7 Å². The fraction of sp³-hybridized carbons (Fsp3) is 0.750. The molecule has 14 heavy (non-hydrogen) atoms. The minimum absolute atomic E-state index is 0.292. The van der Waals surface area contributed by atoms with E-state index in [0.717, 1.165) is 31.4 Å². The summed E-state index contributed by atoms with van der Waals surface area (Å²) in [7, 11) is 0. The van der Waals surface area contributed by atoms with Gasteiger partial charge in [0.1, 0.15) is 0 Å². The Morgan fingerprint density at radius 3 is 2.93 bits per heavy atom. The molecular weight excluding hydrogens is 176 g/mol. The molecule has 0 aromatic carbocycles. The molecule has 0 aromatic heterocycles. The Labute approximate surface area is 86.3 Å². The number of ketones is 1. The van der Waals surface area contributed by atoms with Crippen molar-refractivity contribution in [3.05, 3.63) is 11.6 Å². The average Bonchev–Trinajstić information content (AvgIpc) is 2.25. The molecule has 80 valence electrons. The molecule has 1 aliphatic carbocycles. The van der Waals surface area contributed by atoms with Crippen molar-refractivity contribution >= 4 is 5.78 Å². The monoisotopic (exact) mass is 196 g/mol. The van der Waals surface area contributed by atoms with E-state index >= 15 is 0 Å². The summed E-state index contributed by atoms with van der Waals surface area (Å²) < 4.78 is 5.30. The highest BCUT2D eigenvalue weighted by molar-refractivity contribution is 5.95. The fourth-order valence-corrected chi connectivity index (χ4v) is 1.66. The van der Waals surface area contributed by atoms with Crippen LogP contribution in [0.2, 0.25) is 0 Å². The van der Waals surface area contributed by atoms with Crippen molar-refractivity contribution in [2.75, 3.05) is 13.2 Å². The Hall–Kier alpha value is -0.630. The topological polar surface area (TPSA) is 26.3 Å². The number of Topliss-reactive ketones (excluding diaryl/α,β-unsaturated/α-hetero) is 1. The van der Waals surface area contributed by atoms with E-state index < -0.39 is 0 Å². The van der Waals surface area contributed by atoms with Crippen LogP contribution in [-0.2, 0) is 9.53 Å². The zero-order chi connectivity index (χ0) is 10.2. The van der Waals surface area contributed by atoms with Gasteiger partial charge in [-0.15, -0.1) is 0 Å².